The first-order valence-electron chi connectivity index (χ1n) is 3.19. The minimum Gasteiger partial charge on any atom is -0.264 e. The zero-order valence-electron chi connectivity index (χ0n) is 6.10. The summed E-state index contributed by atoms with van der Waals surface area (Å²) in [6.45, 7) is 3.27. The predicted octanol–water partition coefficient (Wildman–Crippen LogP) is 2.74. The van der Waals surface area contributed by atoms with E-state index in [4.69, 9.17) is 0 Å². The molecule has 1 aromatic rings. The minimum atomic E-state index is -4.33. The molecule has 1 rings (SSSR count). The molecule has 0 N–H and O–H groups in total. The minimum absolute atomic E-state index is 0.00463. The summed E-state index contributed by atoms with van der Waals surface area (Å²) in [6, 6.07) is 0.928. The van der Waals surface area contributed by atoms with Crippen LogP contribution in [-0.2, 0) is 6.18 Å². The number of hydrogen-bond donors (Lipinski definition) is 0. The Kier molecular flexibility index (Phi) is 2.17. The van der Waals surface area contributed by atoms with Crippen molar-refractivity contribution < 1.29 is 13.2 Å². The lowest BCUT2D eigenvalue weighted by atomic mass is 10.1. The molecule has 0 saturated heterocycles. The fourth-order valence-electron chi connectivity index (χ4n) is 0.827. The molecule has 0 bridgehead atoms. The number of alkyl halides is 3. The van der Waals surface area contributed by atoms with Crippen LogP contribution in [0.2, 0.25) is 0 Å². The Hall–Kier alpha value is -1.32. The van der Waals surface area contributed by atoms with Crippen molar-refractivity contribution in [3.8, 4) is 0 Å². The number of halogens is 3. The van der Waals surface area contributed by atoms with E-state index in [9.17, 15) is 13.2 Å². The summed E-state index contributed by atoms with van der Waals surface area (Å²) in [5.41, 5.74) is -0.697. The van der Waals surface area contributed by atoms with Gasteiger partial charge < -0.3 is 0 Å². The molecule has 0 fully saturated rings. The van der Waals surface area contributed by atoms with E-state index < -0.39 is 11.7 Å². The lowest BCUT2D eigenvalue weighted by Gasteiger charge is -2.08. The van der Waals surface area contributed by atoms with E-state index >= 15 is 0 Å². The maximum Gasteiger partial charge on any atom is 0.417 e. The van der Waals surface area contributed by atoms with Crippen molar-refractivity contribution >= 4 is 6.08 Å². The second kappa shape index (κ2) is 2.97. The normalized spacial score (nSPS) is 11.2. The molecule has 12 heavy (non-hydrogen) atoms. The summed E-state index contributed by atoms with van der Waals surface area (Å²) in [5.74, 6) is 0. The fourth-order valence-corrected chi connectivity index (χ4v) is 0.827. The van der Waals surface area contributed by atoms with Gasteiger partial charge in [-0.05, 0) is 6.07 Å². The monoisotopic (exact) mass is 173 g/mol. The van der Waals surface area contributed by atoms with Crippen LogP contribution < -0.4 is 0 Å². The first kappa shape index (κ1) is 8.77. The van der Waals surface area contributed by atoms with Crippen molar-refractivity contribution in [3.63, 3.8) is 0 Å². The van der Waals surface area contributed by atoms with Crippen molar-refractivity contribution in [2.75, 3.05) is 0 Å². The van der Waals surface area contributed by atoms with Crippen LogP contribution in [0.1, 0.15) is 11.1 Å². The molecule has 1 heterocycles. The molecule has 0 spiro atoms. The lowest BCUT2D eigenvalue weighted by Crippen LogP contribution is -2.07. The van der Waals surface area contributed by atoms with Crippen molar-refractivity contribution in [2.24, 2.45) is 0 Å². The smallest absolute Gasteiger partial charge is 0.264 e. The standard InChI is InChI=1S/C8H6F3N/c1-2-6-5-12-4-3-7(6)8(9,10)11/h2-5H,1H2. The third-order valence-corrected chi connectivity index (χ3v) is 1.38. The van der Waals surface area contributed by atoms with Gasteiger partial charge in [0.2, 0.25) is 0 Å². The summed E-state index contributed by atoms with van der Waals surface area (Å²) in [4.78, 5) is 3.56. The van der Waals surface area contributed by atoms with Crippen LogP contribution in [0.4, 0.5) is 13.2 Å². The van der Waals surface area contributed by atoms with Gasteiger partial charge in [0, 0.05) is 18.0 Å². The average molecular weight is 173 g/mol. The number of pyridine rings is 1. The number of hydrogen-bond acceptors (Lipinski definition) is 1. The van der Waals surface area contributed by atoms with Gasteiger partial charge in [-0.3, -0.25) is 4.98 Å². The molecular weight excluding hydrogens is 167 g/mol. The van der Waals surface area contributed by atoms with E-state index in [0.717, 1.165) is 24.5 Å². The molecule has 64 valence electrons. The van der Waals surface area contributed by atoms with E-state index in [0.29, 0.717) is 0 Å². The molecule has 0 aliphatic carbocycles. The quantitative estimate of drug-likeness (QED) is 0.636. The highest BCUT2D eigenvalue weighted by Gasteiger charge is 2.32. The molecule has 0 radical (unpaired) electrons. The Labute approximate surface area is 67.6 Å². The molecule has 1 aromatic heterocycles. The maximum absolute atomic E-state index is 12.2. The van der Waals surface area contributed by atoms with Gasteiger partial charge in [-0.15, -0.1) is 0 Å². The van der Waals surface area contributed by atoms with Crippen LogP contribution in [0.3, 0.4) is 0 Å². The highest BCUT2D eigenvalue weighted by molar-refractivity contribution is 5.51. The first-order chi connectivity index (χ1) is 5.55. The van der Waals surface area contributed by atoms with Crippen molar-refractivity contribution in [1.29, 1.82) is 0 Å². The lowest BCUT2D eigenvalue weighted by molar-refractivity contribution is -0.137. The third-order valence-electron chi connectivity index (χ3n) is 1.38. The summed E-state index contributed by atoms with van der Waals surface area (Å²) in [7, 11) is 0. The molecule has 0 atom stereocenters. The summed E-state index contributed by atoms with van der Waals surface area (Å²) in [5, 5.41) is 0. The van der Waals surface area contributed by atoms with E-state index in [-0.39, 0.29) is 5.56 Å². The van der Waals surface area contributed by atoms with Gasteiger partial charge in [0.15, 0.2) is 0 Å². The van der Waals surface area contributed by atoms with E-state index in [1.165, 1.54) is 0 Å². The van der Waals surface area contributed by atoms with Gasteiger partial charge in [0.05, 0.1) is 5.56 Å². The highest BCUT2D eigenvalue weighted by atomic mass is 19.4. The molecule has 0 aliphatic rings. The van der Waals surface area contributed by atoms with Crippen LogP contribution in [0, 0.1) is 0 Å². The van der Waals surface area contributed by atoms with Gasteiger partial charge >= 0.3 is 6.18 Å². The molecule has 1 nitrogen and oxygen atoms in total. The molecule has 0 aliphatic heterocycles. The molecule has 4 heteroatoms. The van der Waals surface area contributed by atoms with Crippen LogP contribution in [0.15, 0.2) is 25.0 Å². The third kappa shape index (κ3) is 1.64. The topological polar surface area (TPSA) is 12.9 Å². The van der Waals surface area contributed by atoms with E-state index in [1.807, 2.05) is 0 Å². The summed E-state index contributed by atoms with van der Waals surface area (Å²) < 4.78 is 36.5. The fraction of sp³-hybridized carbons (Fsp3) is 0.125. The Balaban J connectivity index is 3.23. The zero-order chi connectivity index (χ0) is 9.19. The van der Waals surface area contributed by atoms with E-state index in [2.05, 4.69) is 11.6 Å². The summed E-state index contributed by atoms with van der Waals surface area (Å²) >= 11 is 0. The Bertz CT molecular complexity index is 291. The van der Waals surface area contributed by atoms with Gasteiger partial charge in [-0.1, -0.05) is 12.7 Å². The maximum atomic E-state index is 12.2. The molecule has 0 saturated carbocycles. The number of nitrogens with zero attached hydrogens (tertiary/aromatic N) is 1. The van der Waals surface area contributed by atoms with E-state index in [1.54, 1.807) is 0 Å². The van der Waals surface area contributed by atoms with Gasteiger partial charge in [0.25, 0.3) is 0 Å². The second-order valence-corrected chi connectivity index (χ2v) is 2.16. The second-order valence-electron chi connectivity index (χ2n) is 2.16. The van der Waals surface area contributed by atoms with Crippen LogP contribution in [-0.4, -0.2) is 4.98 Å². The Morgan fingerprint density at radius 2 is 2.08 bits per heavy atom. The van der Waals surface area contributed by atoms with Crippen molar-refractivity contribution in [1.82, 2.24) is 4.98 Å². The predicted molar refractivity (Wildman–Crippen MR) is 39.3 cm³/mol. The first-order valence-corrected chi connectivity index (χ1v) is 3.19. The summed E-state index contributed by atoms with van der Waals surface area (Å²) in [6.07, 6.45) is -0.950. The van der Waals surface area contributed by atoms with Gasteiger partial charge in [-0.2, -0.15) is 13.2 Å². The highest BCUT2D eigenvalue weighted by Crippen LogP contribution is 2.31. The number of rotatable bonds is 1. The van der Waals surface area contributed by atoms with Crippen LogP contribution >= 0.6 is 0 Å². The largest absolute Gasteiger partial charge is 0.417 e. The molecule has 0 unspecified atom stereocenters. The molecular formula is C8H6F3N. The Morgan fingerprint density at radius 1 is 1.42 bits per heavy atom. The van der Waals surface area contributed by atoms with Gasteiger partial charge in [0.1, 0.15) is 0 Å². The molecule has 0 amide bonds. The average Bonchev–Trinajstić information content (AvgIpc) is 2.03. The zero-order valence-corrected chi connectivity index (χ0v) is 6.10. The van der Waals surface area contributed by atoms with Crippen molar-refractivity contribution in [3.05, 3.63) is 36.2 Å². The molecule has 0 aromatic carbocycles. The van der Waals surface area contributed by atoms with Crippen LogP contribution in [0.5, 0.6) is 0 Å². The SMILES string of the molecule is C=Cc1cnccc1C(F)(F)F. The van der Waals surface area contributed by atoms with Crippen LogP contribution in [0.25, 0.3) is 6.08 Å². The van der Waals surface area contributed by atoms with Gasteiger partial charge in [-0.25, -0.2) is 0 Å². The van der Waals surface area contributed by atoms with Crippen molar-refractivity contribution in [2.45, 2.75) is 6.18 Å². The number of aromatic nitrogens is 1. The Morgan fingerprint density at radius 3 is 2.50 bits per heavy atom.